The predicted molar refractivity (Wildman–Crippen MR) is 118 cm³/mol. The fraction of sp³-hybridized carbons (Fsp3) is 0.522. The number of rotatable bonds is 5. The second-order valence-corrected chi connectivity index (χ2v) is 8.58. The molecule has 0 radical (unpaired) electrons. The number of anilines is 1. The summed E-state index contributed by atoms with van der Waals surface area (Å²) in [6, 6.07) is 12.5. The van der Waals surface area contributed by atoms with Gasteiger partial charge in [0.2, 0.25) is 5.88 Å². The Morgan fingerprint density at radius 1 is 1.10 bits per heavy atom. The molecule has 1 N–H and O–H groups in total. The molecule has 0 amide bonds. The lowest BCUT2D eigenvalue weighted by atomic mass is 9.90. The molecule has 3 heterocycles. The van der Waals surface area contributed by atoms with Crippen LogP contribution < -0.4 is 15.0 Å². The molecule has 7 nitrogen and oxygen atoms in total. The molecular weight excluding hydrogens is 376 g/mol. The number of hydrogen-bond donors (Lipinski definition) is 1. The van der Waals surface area contributed by atoms with Crippen LogP contribution >= 0.6 is 0 Å². The highest BCUT2D eigenvalue weighted by Gasteiger charge is 2.22. The van der Waals surface area contributed by atoms with Gasteiger partial charge in [0.05, 0.1) is 6.61 Å². The summed E-state index contributed by atoms with van der Waals surface area (Å²) in [5.74, 6) is 3.58. The molecule has 1 aliphatic carbocycles. The van der Waals surface area contributed by atoms with E-state index in [1.165, 1.54) is 32.1 Å². The molecule has 158 valence electrons. The first-order valence-corrected chi connectivity index (χ1v) is 11.2. The van der Waals surface area contributed by atoms with Crippen LogP contribution in [0, 0.1) is 5.92 Å². The summed E-state index contributed by atoms with van der Waals surface area (Å²) < 4.78 is 8.06. The van der Waals surface area contributed by atoms with E-state index in [9.17, 15) is 0 Å². The van der Waals surface area contributed by atoms with Gasteiger partial charge < -0.3 is 15.0 Å². The predicted octanol–water partition coefficient (Wildman–Crippen LogP) is 3.55. The highest BCUT2D eigenvalue weighted by Crippen LogP contribution is 2.27. The van der Waals surface area contributed by atoms with Crippen LogP contribution in [0.5, 0.6) is 5.88 Å². The molecule has 1 saturated heterocycles. The Morgan fingerprint density at radius 3 is 2.73 bits per heavy atom. The van der Waals surface area contributed by atoms with E-state index >= 15 is 0 Å². The van der Waals surface area contributed by atoms with Crippen LogP contribution in [0.4, 0.5) is 5.82 Å². The lowest BCUT2D eigenvalue weighted by Gasteiger charge is -2.33. The van der Waals surface area contributed by atoms with Gasteiger partial charge in [-0.05, 0) is 25.7 Å². The van der Waals surface area contributed by atoms with Crippen molar-refractivity contribution in [2.75, 3.05) is 31.1 Å². The van der Waals surface area contributed by atoms with Gasteiger partial charge in [-0.3, -0.25) is 0 Å². The quantitative estimate of drug-likeness (QED) is 0.699. The van der Waals surface area contributed by atoms with Crippen LogP contribution in [0.15, 0.2) is 36.4 Å². The maximum absolute atomic E-state index is 6.19. The van der Waals surface area contributed by atoms with E-state index < -0.39 is 0 Å². The zero-order valence-electron chi connectivity index (χ0n) is 17.6. The summed E-state index contributed by atoms with van der Waals surface area (Å²) in [5, 5.41) is 8.31. The molecule has 5 rings (SSSR count). The normalized spacial score (nSPS) is 20.6. The molecule has 3 aromatic rings. The first-order chi connectivity index (χ1) is 14.8. The molecule has 30 heavy (non-hydrogen) atoms. The Kier molecular flexibility index (Phi) is 5.53. The Balaban J connectivity index is 1.49. The molecule has 1 aliphatic heterocycles. The van der Waals surface area contributed by atoms with Crippen LogP contribution in [0.25, 0.3) is 17.2 Å². The summed E-state index contributed by atoms with van der Waals surface area (Å²) in [5.41, 5.74) is 0.993. The first kappa shape index (κ1) is 19.3. The second kappa shape index (κ2) is 8.60. The minimum atomic E-state index is 0.422. The number of benzene rings is 1. The van der Waals surface area contributed by atoms with Crippen molar-refractivity contribution in [1.82, 2.24) is 24.9 Å². The average Bonchev–Trinajstić information content (AvgIpc) is 3.23. The summed E-state index contributed by atoms with van der Waals surface area (Å²) in [6.45, 7) is 5.74. The smallest absolute Gasteiger partial charge is 0.257 e. The summed E-state index contributed by atoms with van der Waals surface area (Å²) >= 11 is 0. The number of ether oxygens (including phenoxy) is 1. The second-order valence-electron chi connectivity index (χ2n) is 8.58. The van der Waals surface area contributed by atoms with Gasteiger partial charge in [-0.25, -0.2) is 0 Å². The van der Waals surface area contributed by atoms with Gasteiger partial charge in [-0.1, -0.05) is 49.6 Å². The molecule has 7 heteroatoms. The Labute approximate surface area is 177 Å². The van der Waals surface area contributed by atoms with Crippen molar-refractivity contribution in [1.29, 1.82) is 0 Å². The molecule has 0 bridgehead atoms. The highest BCUT2D eigenvalue weighted by molar-refractivity contribution is 5.59. The third-order valence-electron chi connectivity index (χ3n) is 6.19. The average molecular weight is 407 g/mol. The van der Waals surface area contributed by atoms with Crippen LogP contribution in [0.3, 0.4) is 0 Å². The van der Waals surface area contributed by atoms with Crippen molar-refractivity contribution in [2.24, 2.45) is 5.92 Å². The Bertz CT molecular complexity index is 982. The summed E-state index contributed by atoms with van der Waals surface area (Å²) in [6.07, 6.45) is 6.50. The van der Waals surface area contributed by atoms with Crippen molar-refractivity contribution in [3.63, 3.8) is 0 Å². The standard InChI is InChI=1S/C23H30N6O/c1-17-15-28(13-12-24-17)21-14-20(30-16-18-8-4-2-5-9-18)25-23-26-22(27-29(21)23)19-10-6-3-7-11-19/h3,6-7,10-11,14,17-18,24H,2,4-5,8-9,12-13,15-16H2,1H3. The van der Waals surface area contributed by atoms with E-state index in [0.29, 0.717) is 29.4 Å². The van der Waals surface area contributed by atoms with Crippen molar-refractivity contribution in [3.8, 4) is 17.3 Å². The summed E-state index contributed by atoms with van der Waals surface area (Å²) in [4.78, 5) is 11.8. The van der Waals surface area contributed by atoms with E-state index in [2.05, 4.69) is 17.1 Å². The fourth-order valence-electron chi connectivity index (χ4n) is 4.54. The van der Waals surface area contributed by atoms with Gasteiger partial charge in [0.25, 0.3) is 5.78 Å². The topological polar surface area (TPSA) is 67.6 Å². The number of nitrogens with zero attached hydrogens (tertiary/aromatic N) is 5. The van der Waals surface area contributed by atoms with Gasteiger partial charge in [0.1, 0.15) is 5.82 Å². The van der Waals surface area contributed by atoms with Gasteiger partial charge in [-0.2, -0.15) is 14.5 Å². The molecule has 1 unspecified atom stereocenters. The molecular formula is C23H30N6O. The first-order valence-electron chi connectivity index (χ1n) is 11.2. The monoisotopic (exact) mass is 406 g/mol. The fourth-order valence-corrected chi connectivity index (χ4v) is 4.54. The van der Waals surface area contributed by atoms with Gasteiger partial charge in [0.15, 0.2) is 5.82 Å². The Hall–Kier alpha value is -2.67. The van der Waals surface area contributed by atoms with Crippen molar-refractivity contribution in [2.45, 2.75) is 45.1 Å². The zero-order chi connectivity index (χ0) is 20.3. The third kappa shape index (κ3) is 4.12. The van der Waals surface area contributed by atoms with Crippen LogP contribution in [-0.4, -0.2) is 51.9 Å². The van der Waals surface area contributed by atoms with Crippen LogP contribution in [0.2, 0.25) is 0 Å². The number of hydrogen-bond acceptors (Lipinski definition) is 6. The van der Waals surface area contributed by atoms with E-state index in [1.807, 2.05) is 40.9 Å². The highest BCUT2D eigenvalue weighted by atomic mass is 16.5. The number of piperazine rings is 1. The molecule has 2 aromatic heterocycles. The van der Waals surface area contributed by atoms with Crippen molar-refractivity contribution < 1.29 is 4.74 Å². The molecule has 1 saturated carbocycles. The Morgan fingerprint density at radius 2 is 1.93 bits per heavy atom. The molecule has 2 fully saturated rings. The molecule has 0 spiro atoms. The van der Waals surface area contributed by atoms with E-state index in [0.717, 1.165) is 37.6 Å². The maximum atomic E-state index is 6.19. The number of aromatic nitrogens is 4. The lowest BCUT2D eigenvalue weighted by molar-refractivity contribution is 0.203. The minimum absolute atomic E-state index is 0.422. The van der Waals surface area contributed by atoms with Crippen molar-refractivity contribution in [3.05, 3.63) is 36.4 Å². The van der Waals surface area contributed by atoms with Crippen LogP contribution in [0.1, 0.15) is 39.0 Å². The number of fused-ring (bicyclic) bond motifs is 1. The summed E-state index contributed by atoms with van der Waals surface area (Å²) in [7, 11) is 0. The molecule has 1 atom stereocenters. The zero-order valence-corrected chi connectivity index (χ0v) is 17.6. The largest absolute Gasteiger partial charge is 0.477 e. The lowest BCUT2D eigenvalue weighted by Crippen LogP contribution is -2.49. The minimum Gasteiger partial charge on any atom is -0.477 e. The third-order valence-corrected chi connectivity index (χ3v) is 6.19. The van der Waals surface area contributed by atoms with Gasteiger partial charge in [-0.15, -0.1) is 5.10 Å². The van der Waals surface area contributed by atoms with Gasteiger partial charge >= 0.3 is 0 Å². The van der Waals surface area contributed by atoms with E-state index in [-0.39, 0.29) is 0 Å². The van der Waals surface area contributed by atoms with E-state index in [4.69, 9.17) is 19.8 Å². The van der Waals surface area contributed by atoms with E-state index in [1.54, 1.807) is 0 Å². The van der Waals surface area contributed by atoms with Gasteiger partial charge in [0, 0.05) is 37.3 Å². The van der Waals surface area contributed by atoms with Crippen LogP contribution in [-0.2, 0) is 0 Å². The maximum Gasteiger partial charge on any atom is 0.257 e. The number of nitrogens with one attached hydrogen (secondary N) is 1. The SMILES string of the molecule is CC1CN(c2cc(OCC3CCCCC3)nc3nc(-c4ccccc4)nn23)CCN1. The van der Waals surface area contributed by atoms with Crippen molar-refractivity contribution >= 4 is 11.6 Å². The molecule has 1 aromatic carbocycles. The molecule has 2 aliphatic rings.